The number of amides is 1. The van der Waals surface area contributed by atoms with Gasteiger partial charge >= 0.3 is 0 Å². The molecular weight excluding hydrogens is 224 g/mol. The molecule has 0 spiro atoms. The predicted octanol–water partition coefficient (Wildman–Crippen LogP) is 2.33. The molecule has 100 valence electrons. The second-order valence-electron chi connectivity index (χ2n) is 5.11. The second-order valence-corrected chi connectivity index (χ2v) is 5.11. The minimum absolute atomic E-state index is 0.191. The third-order valence-electron chi connectivity index (χ3n) is 3.22. The molecule has 18 heavy (non-hydrogen) atoms. The maximum Gasteiger partial charge on any atom is 0.222 e. The number of rotatable bonds is 6. The van der Waals surface area contributed by atoms with E-state index in [1.54, 1.807) is 4.90 Å². The van der Waals surface area contributed by atoms with Gasteiger partial charge in [-0.1, -0.05) is 36.8 Å². The summed E-state index contributed by atoms with van der Waals surface area (Å²) < 4.78 is 0. The van der Waals surface area contributed by atoms with E-state index in [9.17, 15) is 4.79 Å². The first-order valence-corrected chi connectivity index (χ1v) is 6.52. The van der Waals surface area contributed by atoms with E-state index in [-0.39, 0.29) is 5.91 Å². The smallest absolute Gasteiger partial charge is 0.222 e. The Bertz CT molecular complexity index is 373. The van der Waals surface area contributed by atoms with E-state index >= 15 is 0 Å². The fourth-order valence-electron chi connectivity index (χ4n) is 1.73. The molecule has 1 aromatic rings. The van der Waals surface area contributed by atoms with E-state index in [4.69, 9.17) is 5.73 Å². The number of nitrogens with two attached hydrogens (primary N) is 1. The first kappa shape index (κ1) is 14.7. The molecule has 2 N–H and O–H groups in total. The van der Waals surface area contributed by atoms with Crippen LogP contribution in [-0.4, -0.2) is 24.4 Å². The molecule has 0 saturated heterocycles. The van der Waals surface area contributed by atoms with E-state index in [1.807, 2.05) is 7.05 Å². The van der Waals surface area contributed by atoms with Crippen LogP contribution in [0.15, 0.2) is 24.3 Å². The first-order chi connectivity index (χ1) is 8.52. The van der Waals surface area contributed by atoms with Crippen LogP contribution in [0.2, 0.25) is 0 Å². The average molecular weight is 248 g/mol. The number of hydrogen-bond donors (Lipinski definition) is 1. The molecular formula is C15H24N2O. The normalized spacial score (nSPS) is 12.2. The van der Waals surface area contributed by atoms with Crippen molar-refractivity contribution >= 4 is 5.91 Å². The average Bonchev–Trinajstić information content (AvgIpc) is 2.38. The van der Waals surface area contributed by atoms with Gasteiger partial charge in [-0.15, -0.1) is 0 Å². The molecule has 1 amide bonds. The molecule has 0 aliphatic carbocycles. The van der Waals surface area contributed by atoms with Crippen LogP contribution in [0.25, 0.3) is 0 Å². The van der Waals surface area contributed by atoms with Gasteiger partial charge in [0.1, 0.15) is 0 Å². The van der Waals surface area contributed by atoms with Gasteiger partial charge in [-0.25, -0.2) is 0 Å². The van der Waals surface area contributed by atoms with Gasteiger partial charge in [0.2, 0.25) is 5.91 Å². The molecule has 0 bridgehead atoms. The predicted molar refractivity (Wildman–Crippen MR) is 75.1 cm³/mol. The minimum atomic E-state index is 0.191. The molecule has 3 nitrogen and oxygen atoms in total. The van der Waals surface area contributed by atoms with Crippen molar-refractivity contribution in [2.45, 2.75) is 33.2 Å². The van der Waals surface area contributed by atoms with Crippen molar-refractivity contribution in [1.29, 1.82) is 0 Å². The number of carbonyl (C=O) groups is 1. The van der Waals surface area contributed by atoms with Crippen LogP contribution in [-0.2, 0) is 11.3 Å². The second kappa shape index (κ2) is 7.17. The summed E-state index contributed by atoms with van der Waals surface area (Å²) in [5.74, 6) is 0.609. The zero-order valence-corrected chi connectivity index (χ0v) is 11.6. The van der Waals surface area contributed by atoms with Crippen molar-refractivity contribution in [2.24, 2.45) is 11.7 Å². The topological polar surface area (TPSA) is 46.3 Å². The van der Waals surface area contributed by atoms with Gasteiger partial charge in [-0.05, 0) is 31.4 Å². The molecule has 0 aliphatic rings. The highest BCUT2D eigenvalue weighted by molar-refractivity contribution is 5.75. The SMILES string of the molecule is Cc1ccc(CN(C)C(=O)CCC(C)CN)cc1. The summed E-state index contributed by atoms with van der Waals surface area (Å²) in [5.41, 5.74) is 7.96. The Labute approximate surface area is 110 Å². The molecule has 1 aromatic carbocycles. The highest BCUT2D eigenvalue weighted by Crippen LogP contribution is 2.09. The molecule has 3 heteroatoms. The summed E-state index contributed by atoms with van der Waals surface area (Å²) in [6.07, 6.45) is 1.45. The first-order valence-electron chi connectivity index (χ1n) is 6.52. The monoisotopic (exact) mass is 248 g/mol. The quantitative estimate of drug-likeness (QED) is 0.840. The number of aryl methyl sites for hydroxylation is 1. The lowest BCUT2D eigenvalue weighted by Gasteiger charge is -2.18. The van der Waals surface area contributed by atoms with Gasteiger partial charge in [0, 0.05) is 20.0 Å². The highest BCUT2D eigenvalue weighted by Gasteiger charge is 2.10. The Morgan fingerprint density at radius 1 is 1.33 bits per heavy atom. The van der Waals surface area contributed by atoms with Crippen molar-refractivity contribution in [3.63, 3.8) is 0 Å². The van der Waals surface area contributed by atoms with Crippen LogP contribution in [0.3, 0.4) is 0 Å². The van der Waals surface area contributed by atoms with Crippen LogP contribution in [0.4, 0.5) is 0 Å². The minimum Gasteiger partial charge on any atom is -0.341 e. The fraction of sp³-hybridized carbons (Fsp3) is 0.533. The molecule has 0 aliphatic heterocycles. The summed E-state index contributed by atoms with van der Waals surface area (Å²) in [6, 6.07) is 8.29. The fourth-order valence-corrected chi connectivity index (χ4v) is 1.73. The Kier molecular flexibility index (Phi) is 5.86. The van der Waals surface area contributed by atoms with Crippen molar-refractivity contribution < 1.29 is 4.79 Å². The lowest BCUT2D eigenvalue weighted by atomic mass is 10.1. The molecule has 0 aromatic heterocycles. The van der Waals surface area contributed by atoms with E-state index in [1.165, 1.54) is 11.1 Å². The van der Waals surface area contributed by atoms with Gasteiger partial charge in [-0.2, -0.15) is 0 Å². The van der Waals surface area contributed by atoms with Crippen molar-refractivity contribution in [3.05, 3.63) is 35.4 Å². The van der Waals surface area contributed by atoms with Gasteiger partial charge < -0.3 is 10.6 Å². The van der Waals surface area contributed by atoms with Crippen LogP contribution in [0, 0.1) is 12.8 Å². The third-order valence-corrected chi connectivity index (χ3v) is 3.22. The van der Waals surface area contributed by atoms with E-state index < -0.39 is 0 Å². The molecule has 1 atom stereocenters. The number of hydrogen-bond acceptors (Lipinski definition) is 2. The lowest BCUT2D eigenvalue weighted by Crippen LogP contribution is -2.26. The molecule has 0 saturated carbocycles. The number of nitrogens with zero attached hydrogens (tertiary/aromatic N) is 1. The van der Waals surface area contributed by atoms with E-state index in [0.717, 1.165) is 6.42 Å². The van der Waals surface area contributed by atoms with Crippen molar-refractivity contribution in [3.8, 4) is 0 Å². The Balaban J connectivity index is 2.42. The summed E-state index contributed by atoms with van der Waals surface area (Å²) in [5, 5.41) is 0. The lowest BCUT2D eigenvalue weighted by molar-refractivity contribution is -0.130. The molecule has 0 radical (unpaired) electrons. The molecule has 1 unspecified atom stereocenters. The maximum absolute atomic E-state index is 11.9. The highest BCUT2D eigenvalue weighted by atomic mass is 16.2. The van der Waals surface area contributed by atoms with Crippen LogP contribution >= 0.6 is 0 Å². The van der Waals surface area contributed by atoms with E-state index in [2.05, 4.69) is 38.1 Å². The van der Waals surface area contributed by atoms with Gasteiger partial charge in [0.15, 0.2) is 0 Å². The number of carbonyl (C=O) groups excluding carboxylic acids is 1. The largest absolute Gasteiger partial charge is 0.341 e. The summed E-state index contributed by atoms with van der Waals surface area (Å²) in [6.45, 7) is 5.46. The maximum atomic E-state index is 11.9. The van der Waals surface area contributed by atoms with Crippen molar-refractivity contribution in [1.82, 2.24) is 4.90 Å². The summed E-state index contributed by atoms with van der Waals surface area (Å²) in [4.78, 5) is 13.7. The zero-order valence-electron chi connectivity index (χ0n) is 11.6. The Hall–Kier alpha value is -1.35. The van der Waals surface area contributed by atoms with Gasteiger partial charge in [0.05, 0.1) is 0 Å². The molecule has 1 rings (SSSR count). The third kappa shape index (κ3) is 4.88. The summed E-state index contributed by atoms with van der Waals surface area (Å²) in [7, 11) is 1.86. The van der Waals surface area contributed by atoms with Crippen LogP contribution in [0.5, 0.6) is 0 Å². The van der Waals surface area contributed by atoms with Crippen LogP contribution < -0.4 is 5.73 Å². The van der Waals surface area contributed by atoms with Gasteiger partial charge in [-0.3, -0.25) is 4.79 Å². The molecule has 0 fully saturated rings. The standard InChI is InChI=1S/C15H24N2O/c1-12-4-7-14(8-5-12)11-17(3)15(18)9-6-13(2)10-16/h4-5,7-8,13H,6,9-11,16H2,1-3H3. The summed E-state index contributed by atoms with van der Waals surface area (Å²) >= 11 is 0. The van der Waals surface area contributed by atoms with Gasteiger partial charge in [0.25, 0.3) is 0 Å². The zero-order chi connectivity index (χ0) is 13.5. The Morgan fingerprint density at radius 3 is 2.50 bits per heavy atom. The van der Waals surface area contributed by atoms with Crippen LogP contribution in [0.1, 0.15) is 30.9 Å². The molecule has 0 heterocycles. The van der Waals surface area contributed by atoms with Crippen molar-refractivity contribution in [2.75, 3.05) is 13.6 Å². The van der Waals surface area contributed by atoms with E-state index in [0.29, 0.717) is 25.4 Å². The Morgan fingerprint density at radius 2 is 1.94 bits per heavy atom. The number of benzene rings is 1.